The summed E-state index contributed by atoms with van der Waals surface area (Å²) in [6.45, 7) is 11.2. The number of fused-ring (bicyclic) bond motifs is 7. The number of hydrogen-bond donors (Lipinski definition) is 1. The summed E-state index contributed by atoms with van der Waals surface area (Å²) in [5, 5.41) is 2.95. The van der Waals surface area contributed by atoms with E-state index < -0.39 is 0 Å². The predicted molar refractivity (Wildman–Crippen MR) is 155 cm³/mol. The maximum atomic E-state index is 12.6. The van der Waals surface area contributed by atoms with Crippen molar-refractivity contribution in [1.82, 2.24) is 5.32 Å². The molecule has 2 heterocycles. The summed E-state index contributed by atoms with van der Waals surface area (Å²) in [5.74, 6) is 3.61. The van der Waals surface area contributed by atoms with E-state index in [1.807, 2.05) is 30.3 Å². The molecule has 5 heteroatoms. The Morgan fingerprint density at radius 2 is 1.88 bits per heavy atom. The van der Waals surface area contributed by atoms with Crippen molar-refractivity contribution in [2.75, 3.05) is 6.61 Å². The summed E-state index contributed by atoms with van der Waals surface area (Å²) < 4.78 is 19.4. The second-order valence-corrected chi connectivity index (χ2v) is 14.9. The molecule has 6 aliphatic rings. The quantitative estimate of drug-likeness (QED) is 0.395. The minimum absolute atomic E-state index is 0.0185. The van der Waals surface area contributed by atoms with E-state index in [4.69, 9.17) is 14.2 Å². The van der Waals surface area contributed by atoms with Crippen LogP contribution in [0.5, 0.6) is 0 Å². The second kappa shape index (κ2) is 9.87. The fraction of sp³-hybridized carbons (Fsp3) is 0.743. The number of hydrogen-bond acceptors (Lipinski definition) is 4. The Morgan fingerprint density at radius 1 is 1.05 bits per heavy atom. The summed E-state index contributed by atoms with van der Waals surface area (Å²) in [4.78, 5) is 12.6. The number of carbonyl (C=O) groups is 1. The first kappa shape index (κ1) is 27.0. The topological polar surface area (TPSA) is 56.8 Å². The van der Waals surface area contributed by atoms with Crippen molar-refractivity contribution in [3.8, 4) is 0 Å². The third-order valence-corrected chi connectivity index (χ3v) is 12.9. The number of rotatable bonds is 3. The zero-order chi connectivity index (χ0) is 27.7. The number of allylic oxidation sites excluding steroid dienone is 1. The molecule has 3 saturated carbocycles. The molecule has 0 bridgehead atoms. The molecule has 1 aromatic rings. The fourth-order valence-corrected chi connectivity index (χ4v) is 10.7. The lowest BCUT2D eigenvalue weighted by atomic mass is 9.47. The van der Waals surface area contributed by atoms with E-state index >= 15 is 0 Å². The molecular formula is C35H49NO4. The molecule has 1 N–H and O–H groups in total. The van der Waals surface area contributed by atoms with Gasteiger partial charge in [0.15, 0.2) is 5.79 Å². The zero-order valence-corrected chi connectivity index (χ0v) is 25.0. The highest BCUT2D eigenvalue weighted by molar-refractivity contribution is 5.67. The minimum atomic E-state index is -0.329. The molecule has 5 nitrogen and oxygen atoms in total. The van der Waals surface area contributed by atoms with Gasteiger partial charge in [0.1, 0.15) is 6.10 Å². The molecule has 2 aliphatic heterocycles. The van der Waals surface area contributed by atoms with Gasteiger partial charge in [-0.2, -0.15) is 0 Å². The molecule has 4 aliphatic carbocycles. The number of amides is 1. The normalized spacial score (nSPS) is 47.5. The Morgan fingerprint density at radius 3 is 2.65 bits per heavy atom. The van der Waals surface area contributed by atoms with Crippen molar-refractivity contribution in [2.24, 2.45) is 46.3 Å². The molecule has 218 valence electrons. The standard InChI is InChI=1S/C35H49NO4/c1-22-12-17-35(38-21-22)23(2)31-30(40-35)19-29-27-11-10-25-18-26(39-32(37)36-20-24-8-6-5-7-9-24)13-15-33(25,3)28(27)14-16-34(29,31)4/h5-10,22-23,26-31H,11-21H2,1-4H3,(H,36,37)/t22-,23+,26+,27?,28?,29?,30?,31?,33+,34+,35-/m1/s1. The Bertz CT molecular complexity index is 1140. The molecular weight excluding hydrogens is 498 g/mol. The third kappa shape index (κ3) is 4.20. The van der Waals surface area contributed by atoms with Crippen LogP contribution in [0.3, 0.4) is 0 Å². The van der Waals surface area contributed by atoms with E-state index in [2.05, 4.69) is 39.1 Å². The van der Waals surface area contributed by atoms with Gasteiger partial charge in [0, 0.05) is 25.3 Å². The zero-order valence-electron chi connectivity index (χ0n) is 25.0. The van der Waals surface area contributed by atoms with E-state index in [1.165, 1.54) is 32.1 Å². The van der Waals surface area contributed by atoms with E-state index in [0.717, 1.165) is 55.6 Å². The van der Waals surface area contributed by atoms with Gasteiger partial charge in [-0.15, -0.1) is 0 Å². The number of alkyl carbamates (subject to hydrolysis) is 1. The molecule has 5 fully saturated rings. The highest BCUT2D eigenvalue weighted by atomic mass is 16.7. The van der Waals surface area contributed by atoms with Crippen molar-refractivity contribution in [3.05, 3.63) is 47.5 Å². The van der Waals surface area contributed by atoms with E-state index in [-0.39, 0.29) is 23.4 Å². The first-order valence-electron chi connectivity index (χ1n) is 16.2. The van der Waals surface area contributed by atoms with Crippen LogP contribution in [-0.2, 0) is 20.8 Å². The number of benzene rings is 1. The van der Waals surface area contributed by atoms with Gasteiger partial charge in [-0.05, 0) is 90.9 Å². The van der Waals surface area contributed by atoms with Crippen LogP contribution in [0.1, 0.15) is 91.0 Å². The molecule has 7 rings (SSSR count). The largest absolute Gasteiger partial charge is 0.446 e. The SMILES string of the molecule is C[C@@H]1CC[C@@]2(OC1)OC1CC3C4CC=C5C[C@@H](OC(=O)NCc6ccccc6)CC[C@]5(C)C4CC[C@]3(C)C1[C@@H]2C. The Labute approximate surface area is 240 Å². The minimum Gasteiger partial charge on any atom is -0.446 e. The van der Waals surface area contributed by atoms with Crippen LogP contribution in [0, 0.1) is 46.3 Å². The molecule has 0 aromatic heterocycles. The van der Waals surface area contributed by atoms with Gasteiger partial charge in [-0.1, -0.05) is 69.7 Å². The molecule has 11 atom stereocenters. The van der Waals surface area contributed by atoms with Crippen molar-refractivity contribution >= 4 is 6.09 Å². The number of ether oxygens (including phenoxy) is 3. The summed E-state index contributed by atoms with van der Waals surface area (Å²) in [6.07, 6.45) is 12.9. The summed E-state index contributed by atoms with van der Waals surface area (Å²) in [6, 6.07) is 10.0. The van der Waals surface area contributed by atoms with Crippen LogP contribution in [0.15, 0.2) is 42.0 Å². The molecule has 0 radical (unpaired) electrons. The van der Waals surface area contributed by atoms with Crippen molar-refractivity contribution in [1.29, 1.82) is 0 Å². The maximum absolute atomic E-state index is 12.6. The maximum Gasteiger partial charge on any atom is 0.407 e. The summed E-state index contributed by atoms with van der Waals surface area (Å²) in [5.41, 5.74) is 3.22. The smallest absolute Gasteiger partial charge is 0.407 e. The van der Waals surface area contributed by atoms with Crippen LogP contribution in [0.2, 0.25) is 0 Å². The van der Waals surface area contributed by atoms with Crippen molar-refractivity contribution < 1.29 is 19.0 Å². The van der Waals surface area contributed by atoms with Gasteiger partial charge < -0.3 is 19.5 Å². The molecule has 1 amide bonds. The van der Waals surface area contributed by atoms with Gasteiger partial charge in [0.25, 0.3) is 0 Å². The lowest BCUT2D eigenvalue weighted by Gasteiger charge is -2.58. The molecule has 1 spiro atoms. The van der Waals surface area contributed by atoms with Crippen LogP contribution < -0.4 is 5.32 Å². The lowest BCUT2D eigenvalue weighted by molar-refractivity contribution is -0.272. The average molecular weight is 548 g/mol. The number of carbonyl (C=O) groups excluding carboxylic acids is 1. The fourth-order valence-electron chi connectivity index (χ4n) is 10.7. The molecule has 5 unspecified atom stereocenters. The Balaban J connectivity index is 1.02. The van der Waals surface area contributed by atoms with Crippen LogP contribution >= 0.6 is 0 Å². The van der Waals surface area contributed by atoms with Crippen molar-refractivity contribution in [3.63, 3.8) is 0 Å². The van der Waals surface area contributed by atoms with Crippen LogP contribution in [0.4, 0.5) is 4.79 Å². The summed E-state index contributed by atoms with van der Waals surface area (Å²) in [7, 11) is 0. The van der Waals surface area contributed by atoms with E-state index in [0.29, 0.717) is 35.8 Å². The van der Waals surface area contributed by atoms with Gasteiger partial charge >= 0.3 is 6.09 Å². The Kier molecular flexibility index (Phi) is 6.66. The molecule has 2 saturated heterocycles. The van der Waals surface area contributed by atoms with Crippen LogP contribution in [0.25, 0.3) is 0 Å². The monoisotopic (exact) mass is 547 g/mol. The van der Waals surface area contributed by atoms with Gasteiger partial charge in [0.2, 0.25) is 0 Å². The first-order valence-corrected chi connectivity index (χ1v) is 16.2. The highest BCUT2D eigenvalue weighted by Crippen LogP contribution is 2.70. The Hall–Kier alpha value is -1.85. The van der Waals surface area contributed by atoms with E-state index in [9.17, 15) is 4.79 Å². The van der Waals surface area contributed by atoms with Crippen molar-refractivity contribution in [2.45, 2.75) is 110 Å². The molecule has 40 heavy (non-hydrogen) atoms. The predicted octanol–water partition coefficient (Wildman–Crippen LogP) is 7.65. The van der Waals surface area contributed by atoms with Gasteiger partial charge in [-0.3, -0.25) is 0 Å². The summed E-state index contributed by atoms with van der Waals surface area (Å²) >= 11 is 0. The van der Waals surface area contributed by atoms with E-state index in [1.54, 1.807) is 5.57 Å². The second-order valence-electron chi connectivity index (χ2n) is 14.9. The number of nitrogens with one attached hydrogen (secondary N) is 1. The first-order chi connectivity index (χ1) is 19.2. The molecule has 1 aromatic carbocycles. The third-order valence-electron chi connectivity index (χ3n) is 12.9. The van der Waals surface area contributed by atoms with Crippen LogP contribution in [-0.4, -0.2) is 30.7 Å². The lowest BCUT2D eigenvalue weighted by Crippen LogP contribution is -2.52. The highest BCUT2D eigenvalue weighted by Gasteiger charge is 2.68. The van der Waals surface area contributed by atoms with Gasteiger partial charge in [-0.25, -0.2) is 4.79 Å². The average Bonchev–Trinajstić information content (AvgIpc) is 3.40. The van der Waals surface area contributed by atoms with Gasteiger partial charge in [0.05, 0.1) is 12.7 Å².